The number of aryl methyl sites for hydroxylation is 1. The summed E-state index contributed by atoms with van der Waals surface area (Å²) in [6.45, 7) is 0.610. The molecule has 29 heavy (non-hydrogen) atoms. The lowest BCUT2D eigenvalue weighted by Crippen LogP contribution is -2.31. The molecule has 1 fully saturated rings. The fourth-order valence-corrected chi connectivity index (χ4v) is 3.92. The third-order valence-electron chi connectivity index (χ3n) is 5.50. The molecule has 3 aromatic rings. The molecule has 1 aromatic carbocycles. The molecule has 3 heterocycles. The summed E-state index contributed by atoms with van der Waals surface area (Å²) in [7, 11) is 1.59. The van der Waals surface area contributed by atoms with Gasteiger partial charge in [0.1, 0.15) is 11.8 Å². The Hall–Kier alpha value is -3.29. The summed E-state index contributed by atoms with van der Waals surface area (Å²) in [5.74, 6) is 0.647. The highest BCUT2D eigenvalue weighted by atomic mass is 16.5. The molecule has 2 N–H and O–H groups in total. The molecule has 0 unspecified atom stereocenters. The number of anilines is 1. The van der Waals surface area contributed by atoms with E-state index in [1.807, 2.05) is 28.9 Å². The fraction of sp³-hybridized carbons (Fsp3) is 0.381. The smallest absolute Gasteiger partial charge is 0.326 e. The maximum Gasteiger partial charge on any atom is 0.326 e. The van der Waals surface area contributed by atoms with Crippen molar-refractivity contribution >= 4 is 22.6 Å². The van der Waals surface area contributed by atoms with E-state index in [-0.39, 0.29) is 5.92 Å². The average molecular weight is 394 g/mol. The number of hydrogen-bond acceptors (Lipinski definition) is 6. The maximum atomic E-state index is 11.6. The molecule has 5 rings (SSSR count). The van der Waals surface area contributed by atoms with Crippen molar-refractivity contribution in [3.8, 4) is 17.3 Å². The number of carboxylic acid groups (broad SMARTS) is 1. The molecule has 1 atom stereocenters. The Balaban J connectivity index is 1.59. The summed E-state index contributed by atoms with van der Waals surface area (Å²) >= 11 is 0. The van der Waals surface area contributed by atoms with Crippen molar-refractivity contribution in [2.75, 3.05) is 19.0 Å². The van der Waals surface area contributed by atoms with Crippen LogP contribution in [0.4, 0.5) is 5.69 Å². The van der Waals surface area contributed by atoms with E-state index in [2.05, 4.69) is 10.3 Å². The Morgan fingerprint density at radius 1 is 1.38 bits per heavy atom. The van der Waals surface area contributed by atoms with Crippen molar-refractivity contribution in [1.82, 2.24) is 14.8 Å². The molecular weight excluding hydrogens is 372 g/mol. The van der Waals surface area contributed by atoms with E-state index in [0.717, 1.165) is 59.4 Å². The number of methoxy groups -OCH3 is 1. The molecule has 1 aliphatic heterocycles. The van der Waals surface area contributed by atoms with E-state index in [4.69, 9.17) is 14.6 Å². The summed E-state index contributed by atoms with van der Waals surface area (Å²) in [5, 5.41) is 18.5. The van der Waals surface area contributed by atoms with E-state index < -0.39 is 12.0 Å². The number of nitrogens with zero attached hydrogens (tertiary/aromatic N) is 3. The number of carbonyl (C=O) groups is 1. The van der Waals surface area contributed by atoms with Crippen molar-refractivity contribution in [2.45, 2.75) is 31.7 Å². The van der Waals surface area contributed by atoms with E-state index in [9.17, 15) is 9.90 Å². The monoisotopic (exact) mass is 394 g/mol. The molecule has 1 aliphatic carbocycles. The molecule has 150 valence electrons. The van der Waals surface area contributed by atoms with Crippen molar-refractivity contribution in [3.63, 3.8) is 0 Å². The largest absolute Gasteiger partial charge is 0.493 e. The SMILES string of the molecule is COc1ccc(-n2nc3cc(N[C@H](C(=O)O)C4CC4)cc4c3c2CCCO4)cn1. The van der Waals surface area contributed by atoms with Crippen molar-refractivity contribution < 1.29 is 19.4 Å². The van der Waals surface area contributed by atoms with Gasteiger partial charge in [0, 0.05) is 17.8 Å². The van der Waals surface area contributed by atoms with Crippen LogP contribution in [0.25, 0.3) is 16.6 Å². The normalized spacial score (nSPS) is 16.7. The number of hydrogen-bond donors (Lipinski definition) is 2. The Kier molecular flexibility index (Phi) is 4.26. The molecule has 0 spiro atoms. The van der Waals surface area contributed by atoms with Crippen LogP contribution in [-0.2, 0) is 11.2 Å². The molecule has 0 radical (unpaired) electrons. The number of aromatic nitrogens is 3. The topological polar surface area (TPSA) is 98.5 Å². The lowest BCUT2D eigenvalue weighted by atomic mass is 10.1. The van der Waals surface area contributed by atoms with Crippen LogP contribution >= 0.6 is 0 Å². The minimum absolute atomic E-state index is 0.182. The number of carboxylic acids is 1. The quantitative estimate of drug-likeness (QED) is 0.663. The van der Waals surface area contributed by atoms with Gasteiger partial charge in [0.05, 0.1) is 42.2 Å². The number of nitrogens with one attached hydrogen (secondary N) is 1. The summed E-state index contributed by atoms with van der Waals surface area (Å²) < 4.78 is 13.0. The van der Waals surface area contributed by atoms with Crippen LogP contribution in [0, 0.1) is 5.92 Å². The summed E-state index contributed by atoms with van der Waals surface area (Å²) in [6, 6.07) is 6.95. The van der Waals surface area contributed by atoms with Crippen molar-refractivity contribution in [3.05, 3.63) is 36.2 Å². The van der Waals surface area contributed by atoms with Crippen LogP contribution in [0.3, 0.4) is 0 Å². The third-order valence-corrected chi connectivity index (χ3v) is 5.50. The van der Waals surface area contributed by atoms with Gasteiger partial charge in [-0.2, -0.15) is 5.10 Å². The first-order valence-electron chi connectivity index (χ1n) is 9.82. The van der Waals surface area contributed by atoms with Crippen LogP contribution < -0.4 is 14.8 Å². The first-order chi connectivity index (χ1) is 14.1. The van der Waals surface area contributed by atoms with Gasteiger partial charge in [-0.1, -0.05) is 0 Å². The summed E-state index contributed by atoms with van der Waals surface area (Å²) in [4.78, 5) is 15.9. The van der Waals surface area contributed by atoms with Crippen LogP contribution in [0.15, 0.2) is 30.5 Å². The number of benzene rings is 1. The van der Waals surface area contributed by atoms with Crippen LogP contribution in [-0.4, -0.2) is 45.6 Å². The van der Waals surface area contributed by atoms with Crippen molar-refractivity contribution in [2.24, 2.45) is 5.92 Å². The number of aliphatic carboxylic acids is 1. The molecule has 0 bridgehead atoms. The standard InChI is InChI=1S/C21H22N4O4/c1-28-18-7-6-14(11-22-18)25-16-3-2-8-29-17-10-13(9-15(24-25)19(16)17)23-20(21(26)27)12-4-5-12/h6-7,9-12,20,23H,2-5,8H2,1H3,(H,26,27)/t20-/m0/s1. The second-order valence-electron chi connectivity index (χ2n) is 7.54. The third kappa shape index (κ3) is 3.24. The van der Waals surface area contributed by atoms with Gasteiger partial charge in [0.25, 0.3) is 0 Å². The van der Waals surface area contributed by atoms with Crippen LogP contribution in [0.5, 0.6) is 11.6 Å². The zero-order valence-electron chi connectivity index (χ0n) is 16.1. The average Bonchev–Trinajstić information content (AvgIpc) is 3.52. The lowest BCUT2D eigenvalue weighted by molar-refractivity contribution is -0.138. The molecule has 1 saturated carbocycles. The first-order valence-corrected chi connectivity index (χ1v) is 9.82. The minimum atomic E-state index is -0.824. The predicted molar refractivity (Wildman–Crippen MR) is 107 cm³/mol. The van der Waals surface area contributed by atoms with Crippen LogP contribution in [0.1, 0.15) is 25.0 Å². The zero-order valence-corrected chi connectivity index (χ0v) is 16.1. The number of rotatable bonds is 6. The Morgan fingerprint density at radius 3 is 2.93 bits per heavy atom. The predicted octanol–water partition coefficient (Wildman–Crippen LogP) is 3.03. The summed E-state index contributed by atoms with van der Waals surface area (Å²) in [6.07, 6.45) is 5.33. The zero-order chi connectivity index (χ0) is 20.0. The van der Waals surface area contributed by atoms with E-state index in [0.29, 0.717) is 12.5 Å². The maximum absolute atomic E-state index is 11.6. The van der Waals surface area contributed by atoms with Gasteiger partial charge >= 0.3 is 5.97 Å². The fourth-order valence-electron chi connectivity index (χ4n) is 3.92. The second-order valence-corrected chi connectivity index (χ2v) is 7.54. The minimum Gasteiger partial charge on any atom is -0.493 e. The highest BCUT2D eigenvalue weighted by Crippen LogP contribution is 2.38. The van der Waals surface area contributed by atoms with E-state index >= 15 is 0 Å². The van der Waals surface area contributed by atoms with Gasteiger partial charge in [-0.15, -0.1) is 0 Å². The van der Waals surface area contributed by atoms with Gasteiger partial charge in [-0.3, -0.25) is 0 Å². The van der Waals surface area contributed by atoms with Gasteiger partial charge in [0.2, 0.25) is 5.88 Å². The molecule has 0 saturated heterocycles. The Bertz CT molecular complexity index is 1070. The molecule has 0 amide bonds. The van der Waals surface area contributed by atoms with E-state index in [1.54, 1.807) is 13.3 Å². The van der Waals surface area contributed by atoms with Gasteiger partial charge < -0.3 is 19.9 Å². The summed E-state index contributed by atoms with van der Waals surface area (Å²) in [5.41, 5.74) is 3.42. The number of ether oxygens (including phenoxy) is 2. The lowest BCUT2D eigenvalue weighted by Gasteiger charge is -2.16. The molecule has 2 aliphatic rings. The molecule has 8 nitrogen and oxygen atoms in total. The highest BCUT2D eigenvalue weighted by Gasteiger charge is 2.36. The molecule has 2 aromatic heterocycles. The van der Waals surface area contributed by atoms with Crippen LogP contribution in [0.2, 0.25) is 0 Å². The molecular formula is C21H22N4O4. The molecule has 8 heteroatoms. The van der Waals surface area contributed by atoms with Gasteiger partial charge in [0.15, 0.2) is 0 Å². The Morgan fingerprint density at radius 2 is 2.24 bits per heavy atom. The Labute approximate surface area is 167 Å². The second kappa shape index (κ2) is 6.95. The number of pyridine rings is 1. The first kappa shape index (κ1) is 17.8. The van der Waals surface area contributed by atoms with Crippen molar-refractivity contribution in [1.29, 1.82) is 0 Å². The van der Waals surface area contributed by atoms with Gasteiger partial charge in [-0.05, 0) is 43.7 Å². The highest BCUT2D eigenvalue weighted by molar-refractivity contribution is 5.92. The van der Waals surface area contributed by atoms with Gasteiger partial charge in [-0.25, -0.2) is 14.5 Å². The van der Waals surface area contributed by atoms with E-state index in [1.165, 1.54) is 0 Å².